The first-order valence-electron chi connectivity index (χ1n) is 10.6. The van der Waals surface area contributed by atoms with Crippen LogP contribution in [0.5, 0.6) is 0 Å². The van der Waals surface area contributed by atoms with Crippen LogP contribution >= 0.6 is 0 Å². The number of carbonyl (C=O) groups excluding carboxylic acids is 1. The number of fused-ring (bicyclic) bond motifs is 4. The maximum absolute atomic E-state index is 12.9. The molecule has 0 saturated carbocycles. The van der Waals surface area contributed by atoms with E-state index in [1.807, 2.05) is 50.2 Å². The second-order valence-electron chi connectivity index (χ2n) is 8.72. The van der Waals surface area contributed by atoms with E-state index in [4.69, 9.17) is 9.15 Å². The Balaban J connectivity index is 1.37. The van der Waals surface area contributed by atoms with Gasteiger partial charge in [0.2, 0.25) is 17.2 Å². The van der Waals surface area contributed by atoms with Gasteiger partial charge in [0, 0.05) is 18.5 Å². The van der Waals surface area contributed by atoms with Crippen LogP contribution in [0.25, 0.3) is 22.2 Å². The molecule has 164 valence electrons. The second kappa shape index (κ2) is 7.87. The lowest BCUT2D eigenvalue weighted by molar-refractivity contribution is -0.121. The average molecular weight is 432 g/mol. The van der Waals surface area contributed by atoms with Crippen LogP contribution in [0.4, 0.5) is 0 Å². The topological polar surface area (TPSA) is 99.2 Å². The molecular formula is C24H24N4O4. The van der Waals surface area contributed by atoms with Crippen LogP contribution in [0.1, 0.15) is 30.7 Å². The molecule has 5 rings (SSSR count). The minimum atomic E-state index is -0.402. The molecule has 3 aromatic heterocycles. The molecule has 8 heteroatoms. The van der Waals surface area contributed by atoms with Crippen molar-refractivity contribution in [3.05, 3.63) is 69.9 Å². The predicted octanol–water partition coefficient (Wildman–Crippen LogP) is 2.75. The Labute approximate surface area is 184 Å². The van der Waals surface area contributed by atoms with Crippen LogP contribution in [0.3, 0.4) is 0 Å². The molecule has 0 spiro atoms. The molecule has 8 nitrogen and oxygen atoms in total. The molecule has 0 radical (unpaired) electrons. The summed E-state index contributed by atoms with van der Waals surface area (Å²) in [5.74, 6) is -0.256. The number of hydrogen-bond acceptors (Lipinski definition) is 6. The van der Waals surface area contributed by atoms with Gasteiger partial charge in [-0.2, -0.15) is 0 Å². The summed E-state index contributed by atoms with van der Waals surface area (Å²) >= 11 is 0. The van der Waals surface area contributed by atoms with Crippen LogP contribution in [0, 0.1) is 0 Å². The molecule has 0 atom stereocenters. The van der Waals surface area contributed by atoms with Crippen molar-refractivity contribution in [2.24, 2.45) is 0 Å². The maximum atomic E-state index is 12.9. The van der Waals surface area contributed by atoms with Crippen LogP contribution in [0.15, 0.2) is 51.9 Å². The summed E-state index contributed by atoms with van der Waals surface area (Å²) in [5, 5.41) is 3.52. The van der Waals surface area contributed by atoms with Crippen LogP contribution < -0.4 is 10.9 Å². The van der Waals surface area contributed by atoms with E-state index < -0.39 is 5.56 Å². The third-order valence-corrected chi connectivity index (χ3v) is 5.71. The number of nitrogens with zero attached hydrogens (tertiary/aromatic N) is 3. The molecule has 1 aromatic carbocycles. The van der Waals surface area contributed by atoms with E-state index in [1.165, 1.54) is 10.9 Å². The Morgan fingerprint density at radius 3 is 2.88 bits per heavy atom. The Morgan fingerprint density at radius 1 is 1.25 bits per heavy atom. The van der Waals surface area contributed by atoms with E-state index in [2.05, 4.69) is 15.3 Å². The highest BCUT2D eigenvalue weighted by atomic mass is 16.5. The minimum Gasteiger partial charge on any atom is -0.430 e. The molecule has 32 heavy (non-hydrogen) atoms. The quantitative estimate of drug-likeness (QED) is 0.521. The Morgan fingerprint density at radius 2 is 2.06 bits per heavy atom. The fraction of sp³-hybridized carbons (Fsp3) is 0.333. The zero-order chi connectivity index (χ0) is 22.3. The monoisotopic (exact) mass is 432 g/mol. The van der Waals surface area contributed by atoms with Crippen molar-refractivity contribution >= 4 is 28.1 Å². The third kappa shape index (κ3) is 3.89. The Bertz CT molecular complexity index is 1370. The van der Waals surface area contributed by atoms with Crippen molar-refractivity contribution in [2.45, 2.75) is 45.4 Å². The van der Waals surface area contributed by atoms with Gasteiger partial charge in [0.05, 0.1) is 29.6 Å². The molecule has 1 N–H and O–H groups in total. The molecular weight excluding hydrogens is 408 g/mol. The Kier molecular flexibility index (Phi) is 5.01. The lowest BCUT2D eigenvalue weighted by Crippen LogP contribution is -2.33. The lowest BCUT2D eigenvalue weighted by atomic mass is 9.95. The molecule has 1 aliphatic rings. The first-order valence-corrected chi connectivity index (χ1v) is 10.6. The fourth-order valence-corrected chi connectivity index (χ4v) is 3.99. The van der Waals surface area contributed by atoms with Gasteiger partial charge in [-0.25, -0.2) is 9.97 Å². The molecule has 0 unspecified atom stereocenters. The van der Waals surface area contributed by atoms with E-state index in [1.54, 1.807) is 0 Å². The standard InChI is InChI=1S/C24H24N4O4/c1-24(2)11-18-16(13-31-24)10-17-20-21(32-22(17)27-18)23(30)28(14-26-20)12-19(29)25-9-8-15-6-4-3-5-7-15/h3-7,10,14H,8-9,11-13H2,1-2H3,(H,25,29). The molecule has 1 amide bonds. The summed E-state index contributed by atoms with van der Waals surface area (Å²) in [6.07, 6.45) is 2.77. The molecule has 1 aliphatic heterocycles. The largest absolute Gasteiger partial charge is 0.430 e. The van der Waals surface area contributed by atoms with Gasteiger partial charge in [-0.3, -0.25) is 14.2 Å². The van der Waals surface area contributed by atoms with Gasteiger partial charge in [-0.05, 0) is 31.9 Å². The molecule has 4 aromatic rings. The lowest BCUT2D eigenvalue weighted by Gasteiger charge is -2.30. The number of pyridine rings is 1. The highest BCUT2D eigenvalue weighted by molar-refractivity contribution is 6.00. The van der Waals surface area contributed by atoms with E-state index in [0.717, 1.165) is 23.2 Å². The van der Waals surface area contributed by atoms with Gasteiger partial charge in [0.1, 0.15) is 12.1 Å². The zero-order valence-corrected chi connectivity index (χ0v) is 18.1. The second-order valence-corrected chi connectivity index (χ2v) is 8.72. The smallest absolute Gasteiger partial charge is 0.297 e. The number of furan rings is 1. The number of hydrogen-bond donors (Lipinski definition) is 1. The first-order chi connectivity index (χ1) is 15.4. The summed E-state index contributed by atoms with van der Waals surface area (Å²) in [6.45, 7) is 4.86. The van der Waals surface area contributed by atoms with E-state index in [0.29, 0.717) is 36.2 Å². The molecule has 0 saturated heterocycles. The van der Waals surface area contributed by atoms with Gasteiger partial charge in [0.15, 0.2) is 0 Å². The molecule has 0 bridgehead atoms. The average Bonchev–Trinajstić information content (AvgIpc) is 3.12. The number of nitrogens with one attached hydrogen (secondary N) is 1. The van der Waals surface area contributed by atoms with Crippen molar-refractivity contribution in [1.82, 2.24) is 19.9 Å². The Hall–Kier alpha value is -3.52. The summed E-state index contributed by atoms with van der Waals surface area (Å²) in [7, 11) is 0. The molecule has 0 aliphatic carbocycles. The van der Waals surface area contributed by atoms with Crippen LogP contribution in [0.2, 0.25) is 0 Å². The van der Waals surface area contributed by atoms with Gasteiger partial charge in [-0.15, -0.1) is 0 Å². The highest BCUT2D eigenvalue weighted by Gasteiger charge is 2.28. The fourth-order valence-electron chi connectivity index (χ4n) is 3.99. The third-order valence-electron chi connectivity index (χ3n) is 5.71. The molecule has 4 heterocycles. The number of aromatic nitrogens is 3. The zero-order valence-electron chi connectivity index (χ0n) is 18.1. The van der Waals surface area contributed by atoms with Gasteiger partial charge < -0.3 is 14.5 Å². The van der Waals surface area contributed by atoms with Gasteiger partial charge in [0.25, 0.3) is 5.56 Å². The number of carbonyl (C=O) groups is 1. The van der Waals surface area contributed by atoms with Crippen molar-refractivity contribution < 1.29 is 13.9 Å². The summed E-state index contributed by atoms with van der Waals surface area (Å²) in [5.41, 5.74) is 3.26. The maximum Gasteiger partial charge on any atom is 0.297 e. The van der Waals surface area contributed by atoms with E-state index in [9.17, 15) is 9.59 Å². The first kappa shape index (κ1) is 20.4. The number of ether oxygens (including phenoxy) is 1. The van der Waals surface area contributed by atoms with Crippen LogP contribution in [-0.4, -0.2) is 32.6 Å². The number of amides is 1. The number of rotatable bonds is 5. The normalized spacial score (nSPS) is 15.1. The van der Waals surface area contributed by atoms with E-state index in [-0.39, 0.29) is 23.6 Å². The van der Waals surface area contributed by atoms with E-state index >= 15 is 0 Å². The summed E-state index contributed by atoms with van der Waals surface area (Å²) in [6, 6.07) is 11.8. The minimum absolute atomic E-state index is 0.106. The van der Waals surface area contributed by atoms with Crippen molar-refractivity contribution in [1.29, 1.82) is 0 Å². The highest BCUT2D eigenvalue weighted by Crippen LogP contribution is 2.31. The summed E-state index contributed by atoms with van der Waals surface area (Å²) < 4.78 is 12.9. The van der Waals surface area contributed by atoms with Crippen molar-refractivity contribution in [3.63, 3.8) is 0 Å². The summed E-state index contributed by atoms with van der Waals surface area (Å²) in [4.78, 5) is 34.3. The predicted molar refractivity (Wildman–Crippen MR) is 119 cm³/mol. The van der Waals surface area contributed by atoms with Gasteiger partial charge in [-0.1, -0.05) is 30.3 Å². The van der Waals surface area contributed by atoms with Gasteiger partial charge >= 0.3 is 0 Å². The van der Waals surface area contributed by atoms with Crippen molar-refractivity contribution in [2.75, 3.05) is 6.54 Å². The van der Waals surface area contributed by atoms with Crippen LogP contribution in [-0.2, 0) is 35.5 Å². The van der Waals surface area contributed by atoms with Crippen molar-refractivity contribution in [3.8, 4) is 0 Å². The number of benzene rings is 1. The molecule has 0 fully saturated rings. The SMILES string of the molecule is CC1(C)Cc2nc3oc4c(=O)n(CC(=O)NCCc5ccccc5)cnc4c3cc2CO1.